The molecular weight excluding hydrogens is 463 g/mol. The maximum absolute atomic E-state index is 13.7. The first-order valence-electron chi connectivity index (χ1n) is 9.97. The van der Waals surface area contributed by atoms with Gasteiger partial charge in [0.25, 0.3) is 11.1 Å². The van der Waals surface area contributed by atoms with Gasteiger partial charge in [-0.1, -0.05) is 24.3 Å². The highest BCUT2D eigenvalue weighted by molar-refractivity contribution is 8.18. The van der Waals surface area contributed by atoms with Gasteiger partial charge in [0.15, 0.2) is 0 Å². The van der Waals surface area contributed by atoms with Crippen molar-refractivity contribution in [3.05, 3.63) is 82.2 Å². The van der Waals surface area contributed by atoms with E-state index < -0.39 is 35.4 Å². The molecule has 0 unspecified atom stereocenters. The molecule has 8 nitrogen and oxygen atoms in total. The van der Waals surface area contributed by atoms with E-state index >= 15 is 0 Å². The number of carboxylic acids is 1. The Balaban J connectivity index is 1.49. The molecule has 4 rings (SSSR count). The Labute approximate surface area is 197 Å². The largest absolute Gasteiger partial charge is 0.478 e. The van der Waals surface area contributed by atoms with Crippen molar-refractivity contribution >= 4 is 46.5 Å². The summed E-state index contributed by atoms with van der Waals surface area (Å²) in [6.07, 6.45) is 1.37. The predicted octanol–water partition coefficient (Wildman–Crippen LogP) is 4.77. The van der Waals surface area contributed by atoms with Crippen LogP contribution in [0.4, 0.5) is 14.9 Å². The summed E-state index contributed by atoms with van der Waals surface area (Å²) in [6, 6.07) is 13.6. The standard InChI is InChI=1S/C24H17FN2O6S/c1-13-15(5-4-6-16(13)23(30)31)19-10-9-14(33-19)11-20-22(29)27(24(32)34-20)12-21(28)26-18-8-3-2-7-17(18)25/h2-11H,12H2,1H3,(H,26,28)(H,30,31)/b20-11-. The lowest BCUT2D eigenvalue weighted by molar-refractivity contribution is -0.127. The van der Waals surface area contributed by atoms with Gasteiger partial charge in [-0.25, -0.2) is 9.18 Å². The number of imide groups is 1. The predicted molar refractivity (Wildman–Crippen MR) is 124 cm³/mol. The molecule has 0 aliphatic carbocycles. The van der Waals surface area contributed by atoms with Gasteiger partial charge in [-0.05, 0) is 54.6 Å². The summed E-state index contributed by atoms with van der Waals surface area (Å²) in [5.41, 5.74) is 1.19. The van der Waals surface area contributed by atoms with Gasteiger partial charge in [0, 0.05) is 11.6 Å². The van der Waals surface area contributed by atoms with Gasteiger partial charge in [0.1, 0.15) is 23.9 Å². The fourth-order valence-electron chi connectivity index (χ4n) is 3.37. The Morgan fingerprint density at radius 3 is 2.62 bits per heavy atom. The highest BCUT2D eigenvalue weighted by atomic mass is 32.2. The third kappa shape index (κ3) is 4.62. The van der Waals surface area contributed by atoms with E-state index in [-0.39, 0.29) is 21.9 Å². The van der Waals surface area contributed by atoms with Gasteiger partial charge in [-0.2, -0.15) is 0 Å². The van der Waals surface area contributed by atoms with Crippen molar-refractivity contribution in [2.45, 2.75) is 6.92 Å². The Hall–Kier alpha value is -4.18. The number of carbonyl (C=O) groups excluding carboxylic acids is 3. The molecule has 0 bridgehead atoms. The van der Waals surface area contributed by atoms with Crippen LogP contribution in [0.5, 0.6) is 0 Å². The molecule has 0 spiro atoms. The van der Waals surface area contributed by atoms with Crippen molar-refractivity contribution in [3.8, 4) is 11.3 Å². The number of hydrogen-bond donors (Lipinski definition) is 2. The zero-order valence-electron chi connectivity index (χ0n) is 17.7. The minimum absolute atomic E-state index is 0.0552. The number of amides is 3. The number of furan rings is 1. The number of aromatic carboxylic acids is 1. The van der Waals surface area contributed by atoms with E-state index in [2.05, 4.69) is 5.32 Å². The average molecular weight is 480 g/mol. The Kier molecular flexibility index (Phi) is 6.33. The van der Waals surface area contributed by atoms with Crippen LogP contribution in [0.2, 0.25) is 0 Å². The Morgan fingerprint density at radius 1 is 1.12 bits per heavy atom. The molecule has 1 aromatic heterocycles. The molecule has 3 amide bonds. The van der Waals surface area contributed by atoms with Crippen molar-refractivity contribution in [1.82, 2.24) is 4.90 Å². The summed E-state index contributed by atoms with van der Waals surface area (Å²) in [5.74, 6) is -2.42. The normalized spacial score (nSPS) is 14.6. The van der Waals surface area contributed by atoms with Crippen LogP contribution in [0.25, 0.3) is 17.4 Å². The molecule has 1 fully saturated rings. The summed E-state index contributed by atoms with van der Waals surface area (Å²) in [6.45, 7) is 1.10. The number of nitrogens with zero attached hydrogens (tertiary/aromatic N) is 1. The molecule has 3 aromatic rings. The number of carbonyl (C=O) groups is 4. The number of carboxylic acid groups (broad SMARTS) is 1. The molecule has 2 N–H and O–H groups in total. The monoisotopic (exact) mass is 480 g/mol. The Morgan fingerprint density at radius 2 is 1.88 bits per heavy atom. The van der Waals surface area contributed by atoms with E-state index in [4.69, 9.17) is 4.42 Å². The topological polar surface area (TPSA) is 117 Å². The minimum atomic E-state index is -1.06. The number of rotatable bonds is 6. The second kappa shape index (κ2) is 9.36. The molecule has 0 saturated carbocycles. The first-order valence-corrected chi connectivity index (χ1v) is 10.8. The summed E-state index contributed by atoms with van der Waals surface area (Å²) < 4.78 is 19.5. The fourth-order valence-corrected chi connectivity index (χ4v) is 4.19. The van der Waals surface area contributed by atoms with E-state index in [0.29, 0.717) is 28.6 Å². The summed E-state index contributed by atoms with van der Waals surface area (Å²) in [7, 11) is 0. The zero-order chi connectivity index (χ0) is 24.4. The lowest BCUT2D eigenvalue weighted by Gasteiger charge is -2.12. The van der Waals surface area contributed by atoms with Crippen LogP contribution in [0.1, 0.15) is 21.7 Å². The van der Waals surface area contributed by atoms with Crippen LogP contribution >= 0.6 is 11.8 Å². The molecule has 172 valence electrons. The van der Waals surface area contributed by atoms with Gasteiger partial charge in [-0.3, -0.25) is 19.3 Å². The first-order chi connectivity index (χ1) is 16.2. The van der Waals surface area contributed by atoms with E-state index in [9.17, 15) is 28.7 Å². The van der Waals surface area contributed by atoms with Gasteiger partial charge < -0.3 is 14.8 Å². The van der Waals surface area contributed by atoms with Gasteiger partial charge in [0.05, 0.1) is 16.2 Å². The van der Waals surface area contributed by atoms with Crippen LogP contribution in [0, 0.1) is 12.7 Å². The van der Waals surface area contributed by atoms with Crippen molar-refractivity contribution in [2.24, 2.45) is 0 Å². The van der Waals surface area contributed by atoms with E-state index in [0.717, 1.165) is 4.90 Å². The number of para-hydroxylation sites is 1. The third-order valence-corrected chi connectivity index (χ3v) is 5.96. The van der Waals surface area contributed by atoms with Crippen LogP contribution in [0.3, 0.4) is 0 Å². The molecule has 1 aliphatic heterocycles. The SMILES string of the molecule is Cc1c(C(=O)O)cccc1-c1ccc(/C=C2\SC(=O)N(CC(=O)Nc3ccccc3F)C2=O)o1. The number of thioether (sulfide) groups is 1. The second-order valence-electron chi connectivity index (χ2n) is 7.28. The second-order valence-corrected chi connectivity index (χ2v) is 8.27. The molecule has 2 heterocycles. The van der Waals surface area contributed by atoms with Crippen LogP contribution in [-0.2, 0) is 9.59 Å². The third-order valence-electron chi connectivity index (χ3n) is 5.05. The molecular formula is C24H17FN2O6S. The first kappa shape index (κ1) is 23.0. The van der Waals surface area contributed by atoms with E-state index in [1.54, 1.807) is 37.3 Å². The van der Waals surface area contributed by atoms with Crippen LogP contribution in [0.15, 0.2) is 63.9 Å². The lowest BCUT2D eigenvalue weighted by atomic mass is 10.0. The molecule has 0 radical (unpaired) electrons. The molecule has 1 aliphatic rings. The van der Waals surface area contributed by atoms with Gasteiger partial charge in [0.2, 0.25) is 5.91 Å². The molecule has 34 heavy (non-hydrogen) atoms. The number of hydrogen-bond acceptors (Lipinski definition) is 6. The smallest absolute Gasteiger partial charge is 0.335 e. The van der Waals surface area contributed by atoms with Crippen molar-refractivity contribution in [3.63, 3.8) is 0 Å². The average Bonchev–Trinajstić information content (AvgIpc) is 3.35. The van der Waals surface area contributed by atoms with Crippen molar-refractivity contribution in [2.75, 3.05) is 11.9 Å². The van der Waals surface area contributed by atoms with Crippen molar-refractivity contribution < 1.29 is 33.1 Å². The number of halogens is 1. The maximum atomic E-state index is 13.7. The highest BCUT2D eigenvalue weighted by Gasteiger charge is 2.36. The molecule has 10 heteroatoms. The minimum Gasteiger partial charge on any atom is -0.478 e. The van der Waals surface area contributed by atoms with E-state index in [1.807, 2.05) is 0 Å². The molecule has 1 saturated heterocycles. The maximum Gasteiger partial charge on any atom is 0.335 e. The number of benzene rings is 2. The van der Waals surface area contributed by atoms with Gasteiger partial charge in [-0.15, -0.1) is 0 Å². The Bertz CT molecular complexity index is 1360. The number of nitrogens with one attached hydrogen (secondary N) is 1. The molecule has 2 aromatic carbocycles. The fraction of sp³-hybridized carbons (Fsp3) is 0.0833. The van der Waals surface area contributed by atoms with E-state index in [1.165, 1.54) is 30.3 Å². The highest BCUT2D eigenvalue weighted by Crippen LogP contribution is 2.34. The summed E-state index contributed by atoms with van der Waals surface area (Å²) in [5, 5.41) is 11.0. The molecule has 0 atom stereocenters. The zero-order valence-corrected chi connectivity index (χ0v) is 18.5. The number of anilines is 1. The quantitative estimate of drug-likeness (QED) is 0.488. The van der Waals surface area contributed by atoms with Crippen LogP contribution in [-0.4, -0.2) is 39.6 Å². The van der Waals surface area contributed by atoms with Gasteiger partial charge >= 0.3 is 5.97 Å². The lowest BCUT2D eigenvalue weighted by Crippen LogP contribution is -2.36. The van der Waals surface area contributed by atoms with Crippen molar-refractivity contribution in [1.29, 1.82) is 0 Å². The summed E-state index contributed by atoms with van der Waals surface area (Å²) in [4.78, 5) is 49.4. The summed E-state index contributed by atoms with van der Waals surface area (Å²) >= 11 is 0.649. The van der Waals surface area contributed by atoms with Crippen LogP contribution < -0.4 is 5.32 Å².